The van der Waals surface area contributed by atoms with Crippen molar-refractivity contribution in [3.05, 3.63) is 0 Å². The molecule has 4 atom stereocenters. The molecule has 0 radical (unpaired) electrons. The number of aliphatic hydroxyl groups excluding tert-OH is 4. The second-order valence-corrected chi connectivity index (χ2v) is 2.60. The Morgan fingerprint density at radius 2 is 1.64 bits per heavy atom. The van der Waals surface area contributed by atoms with Gasteiger partial charge in [-0.2, -0.15) is 0 Å². The molecule has 0 aliphatic carbocycles. The zero-order valence-corrected chi connectivity index (χ0v) is 5.92. The summed E-state index contributed by atoms with van der Waals surface area (Å²) in [7, 11) is 0. The maximum atomic E-state index is 9.06. The van der Waals surface area contributed by atoms with Crippen LogP contribution in [-0.4, -0.2) is 51.6 Å². The number of rotatable bonds is 0. The molecule has 66 valence electrons. The summed E-state index contributed by atoms with van der Waals surface area (Å²) in [4.78, 5) is 0. The highest BCUT2D eigenvalue weighted by atomic mass is 16.6. The van der Waals surface area contributed by atoms with E-state index in [9.17, 15) is 0 Å². The van der Waals surface area contributed by atoms with Crippen LogP contribution in [0.1, 0.15) is 6.42 Å². The molecule has 1 rings (SSSR count). The summed E-state index contributed by atoms with van der Waals surface area (Å²) in [5.74, 6) is 0. The van der Waals surface area contributed by atoms with E-state index in [1.165, 1.54) is 0 Å². The third-order valence-corrected chi connectivity index (χ3v) is 1.74. The van der Waals surface area contributed by atoms with Crippen LogP contribution in [0.4, 0.5) is 0 Å². The van der Waals surface area contributed by atoms with Gasteiger partial charge < -0.3 is 25.2 Å². The summed E-state index contributed by atoms with van der Waals surface area (Å²) in [6.45, 7) is 0.135. The Labute approximate surface area is 63.8 Å². The van der Waals surface area contributed by atoms with Crippen molar-refractivity contribution in [2.75, 3.05) is 6.61 Å². The Balaban J connectivity index is 2.58. The molecule has 4 N–H and O–H groups in total. The van der Waals surface area contributed by atoms with Gasteiger partial charge in [-0.25, -0.2) is 0 Å². The molecule has 0 aromatic rings. The molecular weight excluding hydrogens is 152 g/mol. The zero-order valence-electron chi connectivity index (χ0n) is 5.92. The Kier molecular flexibility index (Phi) is 2.80. The quantitative estimate of drug-likeness (QED) is 0.326. The van der Waals surface area contributed by atoms with Crippen molar-refractivity contribution in [2.24, 2.45) is 0 Å². The van der Waals surface area contributed by atoms with Gasteiger partial charge >= 0.3 is 0 Å². The molecule has 5 heteroatoms. The standard InChI is InChI=1S/C6H12O5/c7-3-1-2-11-6(10)5(9)4(3)8/h3-10H,1-2H2/t3-,4-,5?,6+/m1/s1. The van der Waals surface area contributed by atoms with Crippen molar-refractivity contribution in [3.8, 4) is 0 Å². The van der Waals surface area contributed by atoms with Crippen molar-refractivity contribution in [3.63, 3.8) is 0 Å². The molecule has 0 amide bonds. The van der Waals surface area contributed by atoms with Crippen LogP contribution in [0.3, 0.4) is 0 Å². The third-order valence-electron chi connectivity index (χ3n) is 1.74. The lowest BCUT2D eigenvalue weighted by molar-refractivity contribution is -0.180. The molecule has 1 unspecified atom stereocenters. The number of hydrogen-bond donors (Lipinski definition) is 4. The summed E-state index contributed by atoms with van der Waals surface area (Å²) < 4.78 is 4.64. The van der Waals surface area contributed by atoms with Crippen LogP contribution in [0.15, 0.2) is 0 Å². The lowest BCUT2D eigenvalue weighted by Crippen LogP contribution is -2.42. The molecular formula is C6H12O5. The minimum Gasteiger partial charge on any atom is -0.390 e. The molecule has 1 heterocycles. The second kappa shape index (κ2) is 3.46. The zero-order chi connectivity index (χ0) is 8.43. The predicted molar refractivity (Wildman–Crippen MR) is 34.6 cm³/mol. The van der Waals surface area contributed by atoms with E-state index in [4.69, 9.17) is 20.4 Å². The predicted octanol–water partition coefficient (Wildman–Crippen LogP) is -2.19. The van der Waals surface area contributed by atoms with Crippen LogP contribution in [0.5, 0.6) is 0 Å². The first-order valence-electron chi connectivity index (χ1n) is 3.47. The monoisotopic (exact) mass is 164 g/mol. The van der Waals surface area contributed by atoms with E-state index < -0.39 is 24.6 Å². The molecule has 1 saturated heterocycles. The smallest absolute Gasteiger partial charge is 0.183 e. The van der Waals surface area contributed by atoms with Crippen molar-refractivity contribution >= 4 is 0 Å². The van der Waals surface area contributed by atoms with Gasteiger partial charge in [-0.1, -0.05) is 0 Å². The number of aliphatic hydroxyl groups is 4. The maximum absolute atomic E-state index is 9.06. The van der Waals surface area contributed by atoms with Gasteiger partial charge in [0.1, 0.15) is 12.2 Å². The van der Waals surface area contributed by atoms with Crippen molar-refractivity contribution < 1.29 is 25.2 Å². The maximum Gasteiger partial charge on any atom is 0.183 e. The highest BCUT2D eigenvalue weighted by molar-refractivity contribution is 4.79. The third kappa shape index (κ3) is 1.88. The van der Waals surface area contributed by atoms with E-state index in [1.54, 1.807) is 0 Å². The highest BCUT2D eigenvalue weighted by Gasteiger charge is 2.33. The summed E-state index contributed by atoms with van der Waals surface area (Å²) in [5, 5.41) is 36.0. The number of hydrogen-bond acceptors (Lipinski definition) is 5. The van der Waals surface area contributed by atoms with E-state index in [1.807, 2.05) is 0 Å². The molecule has 11 heavy (non-hydrogen) atoms. The summed E-state index contributed by atoms with van der Waals surface area (Å²) in [6.07, 6.45) is -4.96. The van der Waals surface area contributed by atoms with Crippen molar-refractivity contribution in [2.45, 2.75) is 31.0 Å². The van der Waals surface area contributed by atoms with Gasteiger partial charge in [-0.3, -0.25) is 0 Å². The molecule has 0 saturated carbocycles. The van der Waals surface area contributed by atoms with Gasteiger partial charge in [0.15, 0.2) is 6.29 Å². The fourth-order valence-electron chi connectivity index (χ4n) is 0.975. The Morgan fingerprint density at radius 1 is 1.00 bits per heavy atom. The molecule has 0 aromatic heterocycles. The van der Waals surface area contributed by atoms with Gasteiger partial charge in [-0.15, -0.1) is 0 Å². The molecule has 0 bridgehead atoms. The summed E-state index contributed by atoms with van der Waals surface area (Å²) >= 11 is 0. The van der Waals surface area contributed by atoms with E-state index in [0.29, 0.717) is 0 Å². The van der Waals surface area contributed by atoms with Crippen LogP contribution in [0.2, 0.25) is 0 Å². The van der Waals surface area contributed by atoms with Crippen LogP contribution >= 0.6 is 0 Å². The minimum atomic E-state index is -1.42. The van der Waals surface area contributed by atoms with Gasteiger partial charge in [0, 0.05) is 0 Å². The largest absolute Gasteiger partial charge is 0.390 e. The normalized spacial score (nSPS) is 46.9. The van der Waals surface area contributed by atoms with Crippen LogP contribution < -0.4 is 0 Å². The van der Waals surface area contributed by atoms with E-state index in [-0.39, 0.29) is 13.0 Å². The fraction of sp³-hybridized carbons (Fsp3) is 1.00. The molecule has 5 nitrogen and oxygen atoms in total. The Morgan fingerprint density at radius 3 is 2.27 bits per heavy atom. The molecule has 0 aromatic carbocycles. The van der Waals surface area contributed by atoms with E-state index >= 15 is 0 Å². The summed E-state index contributed by atoms with van der Waals surface area (Å²) in [6, 6.07) is 0. The SMILES string of the molecule is OC1[C@@H](O)OCC[C@@H](O)[C@H]1O. The first-order valence-corrected chi connectivity index (χ1v) is 3.47. The fourth-order valence-corrected chi connectivity index (χ4v) is 0.975. The lowest BCUT2D eigenvalue weighted by atomic mass is 10.1. The molecule has 1 aliphatic rings. The highest BCUT2D eigenvalue weighted by Crippen LogP contribution is 2.13. The first-order chi connectivity index (χ1) is 5.13. The van der Waals surface area contributed by atoms with E-state index in [0.717, 1.165) is 0 Å². The van der Waals surface area contributed by atoms with Gasteiger partial charge in [-0.05, 0) is 6.42 Å². The van der Waals surface area contributed by atoms with Crippen LogP contribution in [0, 0.1) is 0 Å². The van der Waals surface area contributed by atoms with Crippen molar-refractivity contribution in [1.29, 1.82) is 0 Å². The average Bonchev–Trinajstić information content (AvgIpc) is 2.07. The second-order valence-electron chi connectivity index (χ2n) is 2.60. The lowest BCUT2D eigenvalue weighted by Gasteiger charge is -2.20. The van der Waals surface area contributed by atoms with Gasteiger partial charge in [0.05, 0.1) is 12.7 Å². The Hall–Kier alpha value is -0.200. The molecule has 1 fully saturated rings. The van der Waals surface area contributed by atoms with Gasteiger partial charge in [0.2, 0.25) is 0 Å². The molecule has 0 spiro atoms. The minimum absolute atomic E-state index is 0.135. The first kappa shape index (κ1) is 8.89. The van der Waals surface area contributed by atoms with Crippen LogP contribution in [0.25, 0.3) is 0 Å². The van der Waals surface area contributed by atoms with Crippen LogP contribution in [-0.2, 0) is 4.74 Å². The topological polar surface area (TPSA) is 90.2 Å². The Bertz CT molecular complexity index is 114. The molecule has 1 aliphatic heterocycles. The van der Waals surface area contributed by atoms with E-state index in [2.05, 4.69) is 4.74 Å². The van der Waals surface area contributed by atoms with Gasteiger partial charge in [0.25, 0.3) is 0 Å². The average molecular weight is 164 g/mol. The number of ether oxygens (including phenoxy) is 1. The van der Waals surface area contributed by atoms with Crippen molar-refractivity contribution in [1.82, 2.24) is 0 Å². The summed E-state index contributed by atoms with van der Waals surface area (Å²) in [5.41, 5.74) is 0.